The van der Waals surface area contributed by atoms with Crippen molar-refractivity contribution in [3.8, 4) is 10.4 Å². The number of nitrogens with two attached hydrogens (primary N) is 2. The molecular formula is C56H73N7O10S. The van der Waals surface area contributed by atoms with E-state index >= 15 is 0 Å². The number of carboxylic acid groups (broad SMARTS) is 1. The summed E-state index contributed by atoms with van der Waals surface area (Å²) < 4.78 is 6.37. The monoisotopic (exact) mass is 1040 g/mol. The van der Waals surface area contributed by atoms with Gasteiger partial charge in [-0.05, 0) is 97.1 Å². The lowest BCUT2D eigenvalue weighted by atomic mass is 9.85. The lowest BCUT2D eigenvalue weighted by Gasteiger charge is -2.35. The molecule has 3 aliphatic rings. The van der Waals surface area contributed by atoms with Crippen LogP contribution in [0.25, 0.3) is 10.4 Å². The summed E-state index contributed by atoms with van der Waals surface area (Å²) in [5.41, 5.74) is 20.7. The number of likely N-dealkylation sites (tertiary alicyclic amines) is 1. The van der Waals surface area contributed by atoms with Crippen LogP contribution in [-0.2, 0) is 70.7 Å². The first-order valence-electron chi connectivity index (χ1n) is 25.6. The standard InChI is InChI=1S/C54H69N7O8S.C2H4O2/c1-32-49(70-31-58-32)38-18-16-35(17-19-38)28-57-51(66)44-27-41(62)29-60(44)53(68)50(54(3,4)5)59-47(65)15-7-6-10-34-11-8-12-36(24-34)30-69-33(2)39(21-23-46(56)64)26-45(63)43-25-40-14-9-13-37-20-22-42(55)52(67)61(43)48(37)40;1-2(3)4/h8-9,11-14,16-19,24,31,33,39,41-44,50,62H,6-7,10,15,20-23,25-30,55H2,1-5H3,(H2,56,64)(H,57,66)(H,59,65);1H3,(H,3,4)/t33-,39-,41-,42+,43+,44+,50-;/m1./s1. The molecule has 1 saturated heterocycles. The summed E-state index contributed by atoms with van der Waals surface area (Å²) in [7, 11) is 0. The fourth-order valence-electron chi connectivity index (χ4n) is 10.0. The molecule has 7 rings (SSSR count). The van der Waals surface area contributed by atoms with E-state index in [1.807, 2.05) is 101 Å². The molecule has 4 heterocycles. The number of primary amides is 1. The summed E-state index contributed by atoms with van der Waals surface area (Å²) in [6.45, 7) is 11.1. The van der Waals surface area contributed by atoms with Crippen molar-refractivity contribution in [2.75, 3.05) is 11.4 Å². The molecule has 5 amide bonds. The third-order valence-corrected chi connectivity index (χ3v) is 15.0. The molecule has 7 atom stereocenters. The third-order valence-electron chi connectivity index (χ3n) is 14.0. The van der Waals surface area contributed by atoms with Gasteiger partial charge in [-0.15, -0.1) is 11.3 Å². The molecule has 18 heteroatoms. The number of Topliss-reactive ketones (excluding diaryl/α,β-unsaturated/α-hetero) is 1. The van der Waals surface area contributed by atoms with E-state index in [0.717, 1.165) is 56.6 Å². The summed E-state index contributed by atoms with van der Waals surface area (Å²) in [5, 5.41) is 24.0. The third kappa shape index (κ3) is 15.1. The van der Waals surface area contributed by atoms with Gasteiger partial charge in [0, 0.05) is 52.1 Å². The van der Waals surface area contributed by atoms with Crippen LogP contribution in [0.1, 0.15) is 119 Å². The summed E-state index contributed by atoms with van der Waals surface area (Å²) in [6.07, 6.45) is 3.22. The van der Waals surface area contributed by atoms with Crippen LogP contribution in [0.5, 0.6) is 0 Å². The lowest BCUT2D eigenvalue weighted by molar-refractivity contribution is -0.144. The zero-order chi connectivity index (χ0) is 53.9. The van der Waals surface area contributed by atoms with Crippen LogP contribution < -0.4 is 27.0 Å². The Morgan fingerprint density at radius 1 is 0.946 bits per heavy atom. The molecular weight excluding hydrogens is 963 g/mol. The van der Waals surface area contributed by atoms with E-state index in [0.29, 0.717) is 44.9 Å². The molecule has 398 valence electrons. The lowest BCUT2D eigenvalue weighted by Crippen LogP contribution is -2.57. The van der Waals surface area contributed by atoms with Crippen LogP contribution in [0, 0.1) is 18.3 Å². The molecule has 1 fully saturated rings. The van der Waals surface area contributed by atoms with Gasteiger partial charge in [0.2, 0.25) is 29.5 Å². The number of carbonyl (C=O) groups excluding carboxylic acids is 6. The maximum atomic E-state index is 14.1. The van der Waals surface area contributed by atoms with E-state index in [-0.39, 0.29) is 74.8 Å². The largest absolute Gasteiger partial charge is 0.481 e. The molecule has 74 heavy (non-hydrogen) atoms. The Labute approximate surface area is 437 Å². The highest BCUT2D eigenvalue weighted by Crippen LogP contribution is 2.40. The SMILES string of the molecule is CC(=O)O.Cc1ncsc1-c1ccc(CNC(=O)[C@@H]2C[C@@H](O)CN2C(=O)[C@@H](NC(=O)CCCCc2cccc(CO[C@H](C)[C@H](CCC(N)=O)CC(=O)[C@@H]3Cc4cccc5c4N3C(=O)[C@@H](N)CC5)c2)C(C)(C)C)cc1. The number of aliphatic hydroxyl groups is 1. The van der Waals surface area contributed by atoms with Gasteiger partial charge in [0.05, 0.1) is 52.7 Å². The van der Waals surface area contributed by atoms with Crippen LogP contribution in [0.15, 0.2) is 72.2 Å². The summed E-state index contributed by atoms with van der Waals surface area (Å²) in [4.78, 5) is 98.0. The number of ether oxygens (including phenoxy) is 1. The summed E-state index contributed by atoms with van der Waals surface area (Å²) >= 11 is 1.57. The Kier molecular flexibility index (Phi) is 19.8. The van der Waals surface area contributed by atoms with Gasteiger partial charge in [0.25, 0.3) is 5.97 Å². The van der Waals surface area contributed by atoms with E-state index in [1.165, 1.54) is 4.90 Å². The minimum absolute atomic E-state index is 0.00445. The summed E-state index contributed by atoms with van der Waals surface area (Å²) in [6, 6.07) is 18.7. The predicted octanol–water partition coefficient (Wildman–Crippen LogP) is 5.71. The molecule has 3 aliphatic heterocycles. The van der Waals surface area contributed by atoms with Gasteiger partial charge in [0.15, 0.2) is 5.78 Å². The first-order chi connectivity index (χ1) is 35.1. The highest BCUT2D eigenvalue weighted by molar-refractivity contribution is 7.13. The van der Waals surface area contributed by atoms with Crippen LogP contribution in [0.2, 0.25) is 0 Å². The molecule has 0 radical (unpaired) electrons. The number of para-hydroxylation sites is 1. The van der Waals surface area contributed by atoms with Crippen LogP contribution >= 0.6 is 11.3 Å². The minimum Gasteiger partial charge on any atom is -0.481 e. The van der Waals surface area contributed by atoms with Gasteiger partial charge in [-0.1, -0.05) is 87.5 Å². The van der Waals surface area contributed by atoms with E-state index in [2.05, 4.69) is 21.7 Å². The molecule has 1 aromatic heterocycles. The van der Waals surface area contributed by atoms with E-state index in [4.69, 9.17) is 26.1 Å². The van der Waals surface area contributed by atoms with Gasteiger partial charge < -0.3 is 42.0 Å². The van der Waals surface area contributed by atoms with Crippen LogP contribution in [0.4, 0.5) is 5.69 Å². The second-order valence-electron chi connectivity index (χ2n) is 20.9. The Bertz CT molecular complexity index is 2640. The van der Waals surface area contributed by atoms with Gasteiger partial charge in [0.1, 0.15) is 12.1 Å². The first-order valence-corrected chi connectivity index (χ1v) is 26.4. The van der Waals surface area contributed by atoms with Crippen molar-refractivity contribution in [1.82, 2.24) is 20.5 Å². The maximum absolute atomic E-state index is 14.1. The van der Waals surface area contributed by atoms with Gasteiger partial charge in [-0.3, -0.25) is 38.5 Å². The Hall–Kier alpha value is -6.34. The van der Waals surface area contributed by atoms with Crippen LogP contribution in [0.3, 0.4) is 0 Å². The van der Waals surface area contributed by atoms with E-state index in [9.17, 15) is 33.9 Å². The number of benzene rings is 3. The molecule has 0 aliphatic carbocycles. The highest BCUT2D eigenvalue weighted by Gasteiger charge is 2.45. The zero-order valence-electron chi connectivity index (χ0n) is 43.4. The zero-order valence-corrected chi connectivity index (χ0v) is 44.3. The number of unbranched alkanes of at least 4 members (excludes halogenated alkanes) is 1. The Morgan fingerprint density at radius 2 is 1.64 bits per heavy atom. The molecule has 3 aromatic carbocycles. The first kappa shape index (κ1) is 56.9. The number of aromatic nitrogens is 1. The predicted molar refractivity (Wildman–Crippen MR) is 282 cm³/mol. The Morgan fingerprint density at radius 3 is 2.31 bits per heavy atom. The number of aliphatic carboxylic acids is 1. The summed E-state index contributed by atoms with van der Waals surface area (Å²) in [5.74, 6) is -2.97. The van der Waals surface area contributed by atoms with Crippen molar-refractivity contribution in [3.63, 3.8) is 0 Å². The second kappa shape index (κ2) is 25.7. The average Bonchev–Trinajstić information content (AvgIpc) is 4.07. The number of aliphatic hydroxyl groups excluding tert-OH is 1. The van der Waals surface area contributed by atoms with Crippen molar-refractivity contribution in [1.29, 1.82) is 0 Å². The number of ketones is 1. The number of carbonyl (C=O) groups is 7. The second-order valence-corrected chi connectivity index (χ2v) is 21.8. The number of anilines is 1. The number of aryl methyl sites for hydroxylation is 3. The van der Waals surface area contributed by atoms with E-state index in [1.54, 1.807) is 16.2 Å². The molecule has 0 bridgehead atoms. The molecule has 17 nitrogen and oxygen atoms in total. The number of thiazole rings is 1. The number of nitrogens with one attached hydrogen (secondary N) is 2. The fourth-order valence-corrected chi connectivity index (χ4v) is 10.8. The van der Waals surface area contributed by atoms with Gasteiger partial charge in [-0.25, -0.2) is 4.98 Å². The molecule has 0 spiro atoms. The number of carboxylic acids is 1. The minimum atomic E-state index is -0.915. The van der Waals surface area contributed by atoms with Crippen molar-refractivity contribution in [2.24, 2.45) is 22.8 Å². The van der Waals surface area contributed by atoms with Gasteiger partial charge >= 0.3 is 0 Å². The number of hydrogen-bond donors (Lipinski definition) is 6. The molecule has 0 unspecified atom stereocenters. The number of hydrogen-bond acceptors (Lipinski definition) is 12. The van der Waals surface area contributed by atoms with Gasteiger partial charge in [-0.2, -0.15) is 0 Å². The Balaban J connectivity index is 0.00000215. The number of amides is 5. The average molecular weight is 1040 g/mol. The molecule has 8 N–H and O–H groups in total. The normalized spacial score (nSPS) is 19.3. The topological polar surface area (TPSA) is 265 Å². The fraction of sp³-hybridized carbons (Fsp3) is 0.500. The van der Waals surface area contributed by atoms with Crippen molar-refractivity contribution < 1.29 is 48.5 Å². The van der Waals surface area contributed by atoms with E-state index < -0.39 is 59.6 Å². The molecule has 0 saturated carbocycles. The maximum Gasteiger partial charge on any atom is 0.300 e. The number of nitrogens with zero attached hydrogens (tertiary/aromatic N) is 3. The van der Waals surface area contributed by atoms with Crippen LogP contribution in [-0.4, -0.2) is 104 Å². The van der Waals surface area contributed by atoms with Crippen molar-refractivity contribution in [2.45, 2.75) is 162 Å². The number of rotatable bonds is 21. The molecule has 4 aromatic rings. The highest BCUT2D eigenvalue weighted by atomic mass is 32.1. The smallest absolute Gasteiger partial charge is 0.300 e. The van der Waals surface area contributed by atoms with Crippen molar-refractivity contribution in [3.05, 3.63) is 106 Å². The van der Waals surface area contributed by atoms with Crippen molar-refractivity contribution >= 4 is 58.3 Å². The number of β-amino-alcohol motifs (C(OH)–C–C–N with tert-alkyl or cyclic N) is 1. The quantitative estimate of drug-likeness (QED) is 0.0549.